The predicted molar refractivity (Wildman–Crippen MR) is 107 cm³/mol. The fraction of sp³-hybridized carbons (Fsp3) is 0.350. The summed E-state index contributed by atoms with van der Waals surface area (Å²) in [4.78, 5) is 12.4. The first-order chi connectivity index (χ1) is 13.4. The molecule has 0 fully saturated rings. The molecule has 0 aliphatic rings. The summed E-state index contributed by atoms with van der Waals surface area (Å²) in [6, 6.07) is 12.8. The van der Waals surface area contributed by atoms with E-state index in [1.54, 1.807) is 62.8 Å². The van der Waals surface area contributed by atoms with Crippen molar-refractivity contribution < 1.29 is 22.7 Å². The lowest BCUT2D eigenvalue weighted by Gasteiger charge is -2.19. The summed E-state index contributed by atoms with van der Waals surface area (Å²) in [5, 5.41) is 2.72. The molecule has 0 heterocycles. The lowest BCUT2D eigenvalue weighted by Crippen LogP contribution is -2.34. The molecule has 0 unspecified atom stereocenters. The average molecular weight is 407 g/mol. The van der Waals surface area contributed by atoms with Gasteiger partial charge in [-0.2, -0.15) is 0 Å². The normalized spacial score (nSPS) is 12.4. The molecule has 0 saturated heterocycles. The predicted octanol–water partition coefficient (Wildman–Crippen LogP) is 2.18. The molecule has 0 radical (unpaired) electrons. The number of methoxy groups -OCH3 is 2. The zero-order valence-corrected chi connectivity index (χ0v) is 17.1. The van der Waals surface area contributed by atoms with Gasteiger partial charge in [-0.15, -0.1) is 0 Å². The molecule has 2 N–H and O–H groups in total. The molecule has 0 bridgehead atoms. The number of rotatable bonds is 10. The van der Waals surface area contributed by atoms with Crippen LogP contribution in [0.2, 0.25) is 0 Å². The highest BCUT2D eigenvalue weighted by molar-refractivity contribution is 7.89. The lowest BCUT2D eigenvalue weighted by atomic mass is 10.0. The summed E-state index contributed by atoms with van der Waals surface area (Å²) in [5.74, 6) is 0.373. The molecule has 2 rings (SSSR count). The number of aryl methyl sites for hydroxylation is 1. The molecule has 1 amide bonds. The number of hydrogen-bond acceptors (Lipinski definition) is 5. The first-order valence-corrected chi connectivity index (χ1v) is 10.3. The lowest BCUT2D eigenvalue weighted by molar-refractivity contribution is -0.121. The quantitative estimate of drug-likeness (QED) is 0.590. The number of amides is 1. The average Bonchev–Trinajstić information content (AvgIpc) is 2.68. The number of sulfonamides is 1. The van der Waals surface area contributed by atoms with Crippen LogP contribution < -0.4 is 14.8 Å². The number of hydrogen-bond donors (Lipinski definition) is 2. The van der Waals surface area contributed by atoms with Crippen LogP contribution in [0.3, 0.4) is 0 Å². The van der Waals surface area contributed by atoms with Crippen molar-refractivity contribution in [3.05, 3.63) is 59.7 Å². The Labute approximate surface area is 166 Å². The highest BCUT2D eigenvalue weighted by Crippen LogP contribution is 2.23. The van der Waals surface area contributed by atoms with E-state index < -0.39 is 16.1 Å². The third-order valence-corrected chi connectivity index (χ3v) is 5.65. The van der Waals surface area contributed by atoms with E-state index >= 15 is 0 Å². The zero-order valence-electron chi connectivity index (χ0n) is 16.3. The van der Waals surface area contributed by atoms with Crippen LogP contribution in [0.15, 0.2) is 53.4 Å². The molecular formula is C20H26N2O5S. The minimum absolute atomic E-state index is 0.0405. The largest absolute Gasteiger partial charge is 0.497 e. The van der Waals surface area contributed by atoms with Gasteiger partial charge < -0.3 is 14.8 Å². The maximum atomic E-state index is 12.8. The second-order valence-electron chi connectivity index (χ2n) is 6.31. The number of ether oxygens (including phenoxy) is 2. The van der Waals surface area contributed by atoms with E-state index in [1.807, 2.05) is 6.92 Å². The van der Waals surface area contributed by atoms with Crippen molar-refractivity contribution in [3.8, 4) is 5.75 Å². The van der Waals surface area contributed by atoms with E-state index in [0.717, 1.165) is 5.56 Å². The molecule has 1 atom stereocenters. The van der Waals surface area contributed by atoms with Gasteiger partial charge in [-0.05, 0) is 36.8 Å². The van der Waals surface area contributed by atoms with Crippen molar-refractivity contribution in [1.29, 1.82) is 0 Å². The van der Waals surface area contributed by atoms with Gasteiger partial charge in [0.15, 0.2) is 0 Å². The Morgan fingerprint density at radius 1 is 1.04 bits per heavy atom. The molecule has 2 aromatic carbocycles. The van der Waals surface area contributed by atoms with Gasteiger partial charge in [-0.3, -0.25) is 4.79 Å². The van der Waals surface area contributed by atoms with Crippen LogP contribution in [-0.4, -0.2) is 41.7 Å². The van der Waals surface area contributed by atoms with Crippen LogP contribution >= 0.6 is 0 Å². The SMILES string of the molecule is COCCNC(=O)C[C@@H](NS(=O)(=O)c1ccc(C)cc1)c1ccc(OC)cc1. The van der Waals surface area contributed by atoms with Crippen LogP contribution in [0.5, 0.6) is 5.75 Å². The van der Waals surface area contributed by atoms with E-state index in [2.05, 4.69) is 10.0 Å². The molecule has 152 valence electrons. The summed E-state index contributed by atoms with van der Waals surface area (Å²) in [5.41, 5.74) is 1.63. The summed E-state index contributed by atoms with van der Waals surface area (Å²) in [7, 11) is -0.702. The second kappa shape index (κ2) is 10.2. The van der Waals surface area contributed by atoms with Gasteiger partial charge in [0.05, 0.1) is 24.7 Å². The van der Waals surface area contributed by atoms with Gasteiger partial charge in [0.2, 0.25) is 15.9 Å². The van der Waals surface area contributed by atoms with Crippen molar-refractivity contribution in [2.45, 2.75) is 24.3 Å². The van der Waals surface area contributed by atoms with Crippen LogP contribution in [0.1, 0.15) is 23.6 Å². The molecule has 7 nitrogen and oxygen atoms in total. The van der Waals surface area contributed by atoms with Crippen molar-refractivity contribution in [1.82, 2.24) is 10.0 Å². The van der Waals surface area contributed by atoms with Crippen LogP contribution in [-0.2, 0) is 19.6 Å². The molecule has 28 heavy (non-hydrogen) atoms. The van der Waals surface area contributed by atoms with E-state index in [-0.39, 0.29) is 17.2 Å². The minimum Gasteiger partial charge on any atom is -0.497 e. The standard InChI is InChI=1S/C20H26N2O5S/c1-15-4-10-18(11-5-15)28(24,25)22-19(14-20(23)21-12-13-26-2)16-6-8-17(27-3)9-7-16/h4-11,19,22H,12-14H2,1-3H3,(H,21,23)/t19-/m1/s1. The Hall–Kier alpha value is -2.42. The molecule has 0 aliphatic heterocycles. The fourth-order valence-electron chi connectivity index (χ4n) is 2.59. The summed E-state index contributed by atoms with van der Waals surface area (Å²) in [6.07, 6.45) is -0.0405. The molecular weight excluding hydrogens is 380 g/mol. The summed E-state index contributed by atoms with van der Waals surface area (Å²) in [6.45, 7) is 2.62. The molecule has 0 aromatic heterocycles. The monoisotopic (exact) mass is 406 g/mol. The number of nitrogens with one attached hydrogen (secondary N) is 2. The Morgan fingerprint density at radius 2 is 1.68 bits per heavy atom. The van der Waals surface area contributed by atoms with Crippen molar-refractivity contribution >= 4 is 15.9 Å². The Morgan fingerprint density at radius 3 is 2.25 bits per heavy atom. The number of benzene rings is 2. The smallest absolute Gasteiger partial charge is 0.241 e. The van der Waals surface area contributed by atoms with E-state index in [9.17, 15) is 13.2 Å². The van der Waals surface area contributed by atoms with Gasteiger partial charge >= 0.3 is 0 Å². The van der Waals surface area contributed by atoms with Gasteiger partial charge in [-0.25, -0.2) is 13.1 Å². The van der Waals surface area contributed by atoms with E-state index in [1.165, 1.54) is 0 Å². The zero-order chi connectivity index (χ0) is 20.6. The molecule has 8 heteroatoms. The Kier molecular flexibility index (Phi) is 7.98. The van der Waals surface area contributed by atoms with E-state index in [4.69, 9.17) is 9.47 Å². The van der Waals surface area contributed by atoms with Gasteiger partial charge in [-0.1, -0.05) is 29.8 Å². The van der Waals surface area contributed by atoms with Gasteiger partial charge in [0.1, 0.15) is 5.75 Å². The third-order valence-electron chi connectivity index (χ3n) is 4.16. The fourth-order valence-corrected chi connectivity index (χ4v) is 3.81. The Balaban J connectivity index is 2.23. The van der Waals surface area contributed by atoms with Crippen molar-refractivity contribution in [2.75, 3.05) is 27.4 Å². The second-order valence-corrected chi connectivity index (χ2v) is 8.02. The van der Waals surface area contributed by atoms with Crippen LogP contribution in [0.25, 0.3) is 0 Å². The molecule has 0 aliphatic carbocycles. The van der Waals surface area contributed by atoms with Crippen LogP contribution in [0, 0.1) is 6.92 Å². The maximum Gasteiger partial charge on any atom is 0.241 e. The van der Waals surface area contributed by atoms with Crippen molar-refractivity contribution in [3.63, 3.8) is 0 Å². The van der Waals surface area contributed by atoms with Gasteiger partial charge in [0.25, 0.3) is 0 Å². The third kappa shape index (κ3) is 6.33. The van der Waals surface area contributed by atoms with E-state index in [0.29, 0.717) is 24.5 Å². The summed E-state index contributed by atoms with van der Waals surface area (Å²) < 4.78 is 38.3. The minimum atomic E-state index is -3.80. The molecule has 0 saturated carbocycles. The van der Waals surface area contributed by atoms with Crippen LogP contribution in [0.4, 0.5) is 0 Å². The maximum absolute atomic E-state index is 12.8. The highest BCUT2D eigenvalue weighted by Gasteiger charge is 2.23. The molecule has 2 aromatic rings. The topological polar surface area (TPSA) is 93.7 Å². The highest BCUT2D eigenvalue weighted by atomic mass is 32.2. The Bertz CT molecular complexity index is 864. The number of carbonyl (C=O) groups is 1. The van der Waals surface area contributed by atoms with Gasteiger partial charge in [0, 0.05) is 20.1 Å². The first kappa shape index (κ1) is 21.9. The molecule has 0 spiro atoms. The summed E-state index contributed by atoms with van der Waals surface area (Å²) >= 11 is 0. The first-order valence-electron chi connectivity index (χ1n) is 8.84. The van der Waals surface area contributed by atoms with Crippen molar-refractivity contribution in [2.24, 2.45) is 0 Å². The number of carbonyl (C=O) groups excluding carboxylic acids is 1.